The second kappa shape index (κ2) is 7.69. The normalized spacial score (nSPS) is 6.75. The first-order valence-electron chi connectivity index (χ1n) is 1.95. The summed E-state index contributed by atoms with van der Waals surface area (Å²) >= 11 is 3.55. The third-order valence-electron chi connectivity index (χ3n) is 0.392. The van der Waals surface area contributed by atoms with Crippen LogP contribution in [0.15, 0.2) is 0 Å². The van der Waals surface area contributed by atoms with Gasteiger partial charge in [-0.05, 0) is 6.92 Å². The number of ether oxygens (including phenoxy) is 1. The van der Waals surface area contributed by atoms with Gasteiger partial charge in [0, 0.05) is 0 Å². The van der Waals surface area contributed by atoms with E-state index < -0.39 is 0 Å². The number of hydrogen-bond acceptors (Lipinski definition) is 3. The molecule has 0 saturated carbocycles. The van der Waals surface area contributed by atoms with Crippen LogP contribution in [0, 0.1) is 5.75 Å². The maximum atomic E-state index is 10.1. The molecule has 0 unspecified atom stereocenters. The molecule has 0 rings (SSSR count). The summed E-state index contributed by atoms with van der Waals surface area (Å²) in [5.74, 6) is 0.703. The Kier molecular flexibility index (Phi) is 11.0. The average Bonchev–Trinajstić information content (AvgIpc) is 1.68. The molecule has 42 valence electrons. The Hall–Kier alpha value is 0.690. The summed E-state index contributed by atoms with van der Waals surface area (Å²) in [6, 6.07) is 0. The van der Waals surface area contributed by atoms with Crippen molar-refractivity contribution in [2.24, 2.45) is 0 Å². The summed E-state index contributed by atoms with van der Waals surface area (Å²) in [5, 5.41) is 0. The molecule has 0 fully saturated rings. The van der Waals surface area contributed by atoms with Crippen molar-refractivity contribution < 1.29 is 39.1 Å². The zero-order valence-corrected chi connectivity index (χ0v) is 7.94. The molecule has 4 heteroatoms. The number of carbonyl (C=O) groups excluding carboxylic acids is 1. The van der Waals surface area contributed by atoms with Crippen LogP contribution < -0.4 is 29.6 Å². The molecular weight excluding hydrogens is 135 g/mol. The predicted octanol–water partition coefficient (Wildman–Crippen LogP) is -2.35. The minimum absolute atomic E-state index is 0. The zero-order chi connectivity index (χ0) is 5.70. The van der Waals surface area contributed by atoms with E-state index in [1.54, 1.807) is 6.92 Å². The Morgan fingerprint density at radius 1 is 1.88 bits per heavy atom. The van der Waals surface area contributed by atoms with Crippen LogP contribution in [0.1, 0.15) is 6.92 Å². The summed E-state index contributed by atoms with van der Waals surface area (Å²) in [6.07, 6.45) is 0. The monoisotopic (exact) mass is 142 g/mol. The van der Waals surface area contributed by atoms with Crippen LogP contribution in [0.25, 0.3) is 0 Å². The Bertz CT molecular complexity index is 67.1. The molecule has 0 amide bonds. The molecule has 0 aliphatic rings. The first-order chi connectivity index (χ1) is 3.31. The largest absolute Gasteiger partial charge is 1.00 e. The van der Waals surface area contributed by atoms with Crippen LogP contribution in [0.2, 0.25) is 0 Å². The first-order valence-corrected chi connectivity index (χ1v) is 2.47. The van der Waals surface area contributed by atoms with E-state index in [0.29, 0.717) is 6.61 Å². The van der Waals surface area contributed by atoms with Gasteiger partial charge in [-0.15, -0.1) is 0 Å². The minimum Gasteiger partial charge on any atom is -0.488 e. The molecule has 0 aliphatic heterocycles. The van der Waals surface area contributed by atoms with Crippen molar-refractivity contribution in [3.05, 3.63) is 5.75 Å². The van der Waals surface area contributed by atoms with Crippen molar-refractivity contribution in [3.8, 4) is 0 Å². The predicted molar refractivity (Wildman–Crippen MR) is 29.9 cm³/mol. The van der Waals surface area contributed by atoms with Crippen molar-refractivity contribution in [1.82, 2.24) is 0 Å². The standard InChI is InChI=1S/C4H7O2S.Na/c1-2-6-4(5)3-7;/h3,7H,2H2,1H3;/q-1;+1. The van der Waals surface area contributed by atoms with Crippen LogP contribution in [0.4, 0.5) is 0 Å². The third kappa shape index (κ3) is 6.69. The molecule has 0 N–H and O–H groups in total. The molecule has 0 aromatic heterocycles. The smallest absolute Gasteiger partial charge is 0.488 e. The second-order valence-electron chi connectivity index (χ2n) is 0.881. The van der Waals surface area contributed by atoms with Crippen molar-refractivity contribution >= 4 is 18.6 Å². The van der Waals surface area contributed by atoms with Crippen LogP contribution in [0.5, 0.6) is 0 Å². The molecule has 0 heterocycles. The molecular formula is C4H7NaO2S. The Morgan fingerprint density at radius 3 is 2.50 bits per heavy atom. The van der Waals surface area contributed by atoms with Crippen molar-refractivity contribution in [2.45, 2.75) is 6.92 Å². The summed E-state index contributed by atoms with van der Waals surface area (Å²) in [6.45, 7) is 2.16. The first kappa shape index (κ1) is 11.5. The van der Waals surface area contributed by atoms with Crippen molar-refractivity contribution in [3.63, 3.8) is 0 Å². The van der Waals surface area contributed by atoms with Gasteiger partial charge in [-0.1, -0.05) is 0 Å². The van der Waals surface area contributed by atoms with E-state index in [4.69, 9.17) is 0 Å². The fraction of sp³-hybridized carbons (Fsp3) is 0.500. The quantitative estimate of drug-likeness (QED) is 0.202. The van der Waals surface area contributed by atoms with Gasteiger partial charge in [0.25, 0.3) is 0 Å². The van der Waals surface area contributed by atoms with E-state index in [0.717, 1.165) is 5.75 Å². The van der Waals surface area contributed by atoms with Crippen molar-refractivity contribution in [2.75, 3.05) is 6.61 Å². The van der Waals surface area contributed by atoms with E-state index in [1.165, 1.54) is 0 Å². The Morgan fingerprint density at radius 2 is 2.38 bits per heavy atom. The van der Waals surface area contributed by atoms with Gasteiger partial charge in [0.05, 0.1) is 6.61 Å². The fourth-order valence-electron chi connectivity index (χ4n) is 0.180. The van der Waals surface area contributed by atoms with E-state index in [2.05, 4.69) is 17.4 Å². The van der Waals surface area contributed by atoms with Crippen LogP contribution in [-0.2, 0) is 9.53 Å². The van der Waals surface area contributed by atoms with E-state index >= 15 is 0 Å². The maximum Gasteiger partial charge on any atom is 1.00 e. The number of hydrogen-bond donors (Lipinski definition) is 1. The molecule has 0 atom stereocenters. The summed E-state index contributed by atoms with van der Waals surface area (Å²) in [4.78, 5) is 10.1. The molecule has 2 nitrogen and oxygen atoms in total. The molecule has 0 saturated heterocycles. The van der Waals surface area contributed by atoms with Gasteiger partial charge >= 0.3 is 29.6 Å². The molecule has 8 heavy (non-hydrogen) atoms. The van der Waals surface area contributed by atoms with E-state index in [9.17, 15) is 4.79 Å². The fourth-order valence-corrected chi connectivity index (χ4v) is 0.254. The van der Waals surface area contributed by atoms with Gasteiger partial charge in [-0.2, -0.15) is 0 Å². The molecule has 0 radical (unpaired) electrons. The van der Waals surface area contributed by atoms with E-state index in [-0.39, 0.29) is 35.5 Å². The summed E-state index contributed by atoms with van der Waals surface area (Å²) in [5.41, 5.74) is 0. The average molecular weight is 142 g/mol. The molecule has 0 aromatic carbocycles. The second-order valence-corrected chi connectivity index (χ2v) is 1.14. The SMILES string of the molecule is CCOC(=O)[CH-]S.[Na+]. The number of esters is 1. The molecule has 0 aliphatic carbocycles. The molecule has 0 aromatic rings. The Balaban J connectivity index is 0. The van der Waals surface area contributed by atoms with Gasteiger partial charge in [0.2, 0.25) is 0 Å². The van der Waals surface area contributed by atoms with Crippen LogP contribution >= 0.6 is 12.6 Å². The zero-order valence-electron chi connectivity index (χ0n) is 5.05. The summed E-state index contributed by atoms with van der Waals surface area (Å²) < 4.78 is 4.42. The van der Waals surface area contributed by atoms with Crippen molar-refractivity contribution in [1.29, 1.82) is 0 Å². The number of thiol groups is 1. The van der Waals surface area contributed by atoms with E-state index in [1.807, 2.05) is 0 Å². The Labute approximate surface area is 76.7 Å². The number of carbonyl (C=O) groups is 1. The van der Waals surface area contributed by atoms with Crippen LogP contribution in [0.3, 0.4) is 0 Å². The van der Waals surface area contributed by atoms with Gasteiger partial charge in [0.1, 0.15) is 0 Å². The van der Waals surface area contributed by atoms with Gasteiger partial charge in [-0.3, -0.25) is 4.79 Å². The third-order valence-corrected chi connectivity index (χ3v) is 0.603. The van der Waals surface area contributed by atoms with Gasteiger partial charge in [0.15, 0.2) is 5.97 Å². The number of rotatable bonds is 2. The molecule has 0 bridgehead atoms. The topological polar surface area (TPSA) is 26.3 Å². The van der Waals surface area contributed by atoms with Gasteiger partial charge < -0.3 is 17.4 Å². The summed E-state index contributed by atoms with van der Waals surface area (Å²) in [7, 11) is 0. The van der Waals surface area contributed by atoms with Gasteiger partial charge in [-0.25, -0.2) is 5.75 Å². The maximum absolute atomic E-state index is 10.1. The van der Waals surface area contributed by atoms with Crippen LogP contribution in [-0.4, -0.2) is 12.6 Å². The minimum atomic E-state index is -0.383. The molecule has 0 spiro atoms.